The van der Waals surface area contributed by atoms with Gasteiger partial charge in [-0.2, -0.15) is 0 Å². The third kappa shape index (κ3) is 5.72. The summed E-state index contributed by atoms with van der Waals surface area (Å²) in [6, 6.07) is 6.98. The molecule has 1 heterocycles. The fourth-order valence-electron chi connectivity index (χ4n) is 3.63. The molecule has 0 aliphatic heterocycles. The zero-order valence-electron chi connectivity index (χ0n) is 17.3. The first-order valence-corrected chi connectivity index (χ1v) is 11.2. The highest BCUT2D eigenvalue weighted by molar-refractivity contribution is 7.99. The molecule has 1 amide bonds. The molecule has 1 aliphatic rings. The summed E-state index contributed by atoms with van der Waals surface area (Å²) in [5.74, 6) is 1.27. The normalized spacial score (nSPS) is 14.3. The number of carbonyl (C=O) groups is 2. The summed E-state index contributed by atoms with van der Waals surface area (Å²) in [5.41, 5.74) is 1.40. The zero-order chi connectivity index (χ0) is 21.3. The van der Waals surface area contributed by atoms with Crippen LogP contribution in [-0.4, -0.2) is 39.5 Å². The van der Waals surface area contributed by atoms with Crippen LogP contribution in [0, 0.1) is 0 Å². The third-order valence-electron chi connectivity index (χ3n) is 5.22. The molecule has 0 radical (unpaired) electrons. The van der Waals surface area contributed by atoms with Crippen LogP contribution >= 0.6 is 11.8 Å². The Hall–Kier alpha value is -2.61. The molecule has 0 unspecified atom stereocenters. The van der Waals surface area contributed by atoms with Gasteiger partial charge in [-0.3, -0.25) is 4.79 Å². The van der Waals surface area contributed by atoms with E-state index in [9.17, 15) is 9.59 Å². The van der Waals surface area contributed by atoms with Gasteiger partial charge in [-0.25, -0.2) is 4.79 Å². The Balaban J connectivity index is 1.53. The van der Waals surface area contributed by atoms with Crippen molar-refractivity contribution in [1.82, 2.24) is 20.1 Å². The van der Waals surface area contributed by atoms with Crippen LogP contribution in [0.4, 0.5) is 0 Å². The highest BCUT2D eigenvalue weighted by Gasteiger charge is 2.23. The summed E-state index contributed by atoms with van der Waals surface area (Å²) >= 11 is 1.39. The standard InChI is InChI=1S/C22H28N4O3S/c1-3-13-26-20(17-7-5-4-6-8-17)24-25-22(26)30-15-19(27)23-14-16-9-11-18(12-10-16)21(28)29-2/h3,9-12,17H,1,4-8,13-15H2,2H3,(H,23,27). The van der Waals surface area contributed by atoms with Crippen LogP contribution in [0.2, 0.25) is 0 Å². The predicted molar refractivity (Wildman–Crippen MR) is 116 cm³/mol. The molecule has 0 saturated heterocycles. The Labute approximate surface area is 181 Å². The van der Waals surface area contributed by atoms with Gasteiger partial charge >= 0.3 is 5.97 Å². The fourth-order valence-corrected chi connectivity index (χ4v) is 4.41. The van der Waals surface area contributed by atoms with Gasteiger partial charge in [-0.05, 0) is 30.5 Å². The molecule has 1 aliphatic carbocycles. The molecule has 0 spiro atoms. The number of hydrogen-bond donors (Lipinski definition) is 1. The van der Waals surface area contributed by atoms with Crippen molar-refractivity contribution in [2.75, 3.05) is 12.9 Å². The average Bonchev–Trinajstić information content (AvgIpc) is 3.19. The van der Waals surface area contributed by atoms with E-state index in [-0.39, 0.29) is 17.6 Å². The maximum Gasteiger partial charge on any atom is 0.337 e. The van der Waals surface area contributed by atoms with Crippen LogP contribution in [0.15, 0.2) is 42.1 Å². The van der Waals surface area contributed by atoms with E-state index in [1.54, 1.807) is 24.3 Å². The second kappa shape index (κ2) is 11.0. The van der Waals surface area contributed by atoms with Crippen LogP contribution in [0.25, 0.3) is 0 Å². The van der Waals surface area contributed by atoms with E-state index >= 15 is 0 Å². The summed E-state index contributed by atoms with van der Waals surface area (Å²) in [4.78, 5) is 23.8. The van der Waals surface area contributed by atoms with Gasteiger partial charge in [-0.15, -0.1) is 16.8 Å². The lowest BCUT2D eigenvalue weighted by molar-refractivity contribution is -0.118. The minimum Gasteiger partial charge on any atom is -0.465 e. The number of nitrogens with zero attached hydrogens (tertiary/aromatic N) is 3. The second-order valence-corrected chi connectivity index (χ2v) is 8.27. The summed E-state index contributed by atoms with van der Waals surface area (Å²) in [7, 11) is 1.35. The highest BCUT2D eigenvalue weighted by atomic mass is 32.2. The number of carbonyl (C=O) groups excluding carboxylic acids is 2. The summed E-state index contributed by atoms with van der Waals surface area (Å²) in [6.45, 7) is 4.89. The first-order valence-electron chi connectivity index (χ1n) is 10.2. The molecule has 30 heavy (non-hydrogen) atoms. The molecule has 7 nitrogen and oxygen atoms in total. The van der Waals surface area contributed by atoms with Crippen LogP contribution in [0.5, 0.6) is 0 Å². The molecule has 1 fully saturated rings. The molecule has 0 bridgehead atoms. The predicted octanol–water partition coefficient (Wildman–Crippen LogP) is 3.71. The minimum atomic E-state index is -0.377. The molecule has 1 N–H and O–H groups in total. The largest absolute Gasteiger partial charge is 0.465 e. The van der Waals surface area contributed by atoms with Crippen molar-refractivity contribution in [2.24, 2.45) is 0 Å². The average molecular weight is 429 g/mol. The number of amides is 1. The first kappa shape index (κ1) is 22.1. The van der Waals surface area contributed by atoms with E-state index in [2.05, 4.69) is 31.4 Å². The molecule has 1 saturated carbocycles. The second-order valence-electron chi connectivity index (χ2n) is 7.33. The molecular formula is C22H28N4O3S. The Bertz CT molecular complexity index is 873. The van der Waals surface area contributed by atoms with Gasteiger partial charge in [0.25, 0.3) is 0 Å². The van der Waals surface area contributed by atoms with Crippen LogP contribution in [0.1, 0.15) is 59.8 Å². The number of hydrogen-bond acceptors (Lipinski definition) is 6. The van der Waals surface area contributed by atoms with Crippen molar-refractivity contribution in [3.63, 3.8) is 0 Å². The highest BCUT2D eigenvalue weighted by Crippen LogP contribution is 2.33. The summed E-state index contributed by atoms with van der Waals surface area (Å²) in [6.07, 6.45) is 7.90. The lowest BCUT2D eigenvalue weighted by atomic mass is 9.89. The Morgan fingerprint density at radius 3 is 2.63 bits per heavy atom. The monoisotopic (exact) mass is 428 g/mol. The number of ether oxygens (including phenoxy) is 1. The first-order chi connectivity index (χ1) is 14.6. The number of allylic oxidation sites excluding steroid dienone is 1. The van der Waals surface area contributed by atoms with E-state index in [0.717, 1.165) is 29.4 Å². The summed E-state index contributed by atoms with van der Waals surface area (Å²) < 4.78 is 6.77. The lowest BCUT2D eigenvalue weighted by Gasteiger charge is -2.21. The molecule has 2 aromatic rings. The molecule has 8 heteroatoms. The Kier molecular flexibility index (Phi) is 8.07. The number of rotatable bonds is 9. The maximum atomic E-state index is 12.3. The number of aromatic nitrogens is 3. The zero-order valence-corrected chi connectivity index (χ0v) is 18.1. The third-order valence-corrected chi connectivity index (χ3v) is 6.19. The Morgan fingerprint density at radius 1 is 1.23 bits per heavy atom. The van der Waals surface area contributed by atoms with Gasteiger partial charge in [0.15, 0.2) is 5.16 Å². The number of thioether (sulfide) groups is 1. The van der Waals surface area contributed by atoms with Crippen molar-refractivity contribution in [3.8, 4) is 0 Å². The Morgan fingerprint density at radius 2 is 1.97 bits per heavy atom. The molecule has 0 atom stereocenters. The van der Waals surface area contributed by atoms with E-state index in [1.807, 2.05) is 6.08 Å². The van der Waals surface area contributed by atoms with E-state index < -0.39 is 0 Å². The quantitative estimate of drug-likeness (QED) is 0.372. The van der Waals surface area contributed by atoms with Crippen LogP contribution < -0.4 is 5.32 Å². The number of benzene rings is 1. The van der Waals surface area contributed by atoms with Gasteiger partial charge in [-0.1, -0.05) is 49.2 Å². The van der Waals surface area contributed by atoms with Crippen molar-refractivity contribution in [3.05, 3.63) is 53.9 Å². The molecular weight excluding hydrogens is 400 g/mol. The molecule has 1 aromatic carbocycles. The van der Waals surface area contributed by atoms with Gasteiger partial charge < -0.3 is 14.6 Å². The van der Waals surface area contributed by atoms with Crippen molar-refractivity contribution < 1.29 is 14.3 Å². The van der Waals surface area contributed by atoms with E-state index in [4.69, 9.17) is 0 Å². The van der Waals surface area contributed by atoms with Crippen molar-refractivity contribution >= 4 is 23.6 Å². The number of esters is 1. The molecule has 1 aromatic heterocycles. The van der Waals surface area contributed by atoms with Crippen LogP contribution in [-0.2, 0) is 22.6 Å². The topological polar surface area (TPSA) is 86.1 Å². The SMILES string of the molecule is C=CCn1c(SCC(=O)NCc2ccc(C(=O)OC)cc2)nnc1C1CCCCC1. The number of methoxy groups -OCH3 is 1. The van der Waals surface area contributed by atoms with E-state index in [0.29, 0.717) is 24.6 Å². The van der Waals surface area contributed by atoms with Crippen molar-refractivity contribution in [2.45, 2.75) is 56.3 Å². The maximum absolute atomic E-state index is 12.3. The minimum absolute atomic E-state index is 0.0792. The van der Waals surface area contributed by atoms with Gasteiger partial charge in [0.05, 0.1) is 18.4 Å². The van der Waals surface area contributed by atoms with Crippen LogP contribution in [0.3, 0.4) is 0 Å². The lowest BCUT2D eigenvalue weighted by Crippen LogP contribution is -2.24. The van der Waals surface area contributed by atoms with Gasteiger partial charge in [0, 0.05) is 19.0 Å². The van der Waals surface area contributed by atoms with Crippen molar-refractivity contribution in [1.29, 1.82) is 0 Å². The van der Waals surface area contributed by atoms with E-state index in [1.165, 1.54) is 38.1 Å². The smallest absolute Gasteiger partial charge is 0.337 e. The molecule has 3 rings (SSSR count). The van der Waals surface area contributed by atoms with Gasteiger partial charge in [0.1, 0.15) is 5.82 Å². The summed E-state index contributed by atoms with van der Waals surface area (Å²) in [5, 5.41) is 12.4. The molecule has 160 valence electrons. The fraction of sp³-hybridized carbons (Fsp3) is 0.455. The number of nitrogens with one attached hydrogen (secondary N) is 1. The van der Waals surface area contributed by atoms with Gasteiger partial charge in [0.2, 0.25) is 5.91 Å².